The highest BCUT2D eigenvalue weighted by Crippen LogP contribution is 2.19. The molecule has 4 rings (SSSR count). The Hall–Kier alpha value is -2.80. The highest BCUT2D eigenvalue weighted by Gasteiger charge is 2.19. The van der Waals surface area contributed by atoms with E-state index < -0.39 is 5.69 Å². The van der Waals surface area contributed by atoms with E-state index in [4.69, 9.17) is 11.6 Å². The normalized spacial score (nSPS) is 11.7. The van der Waals surface area contributed by atoms with Crippen molar-refractivity contribution in [3.8, 4) is 0 Å². The second-order valence-electron chi connectivity index (χ2n) is 6.15. The monoisotopic (exact) mass is 357 g/mol. The van der Waals surface area contributed by atoms with Crippen LogP contribution >= 0.6 is 11.6 Å². The average molecular weight is 358 g/mol. The number of aromatic nitrogens is 5. The van der Waals surface area contributed by atoms with Crippen LogP contribution in [0.3, 0.4) is 0 Å². The van der Waals surface area contributed by atoms with Crippen molar-refractivity contribution in [1.29, 1.82) is 0 Å². The maximum atomic E-state index is 12.6. The van der Waals surface area contributed by atoms with Crippen LogP contribution in [0.25, 0.3) is 16.9 Å². The molecule has 0 aliphatic rings. The molecule has 3 heterocycles. The molecule has 8 heteroatoms. The highest BCUT2D eigenvalue weighted by molar-refractivity contribution is 6.30. The Morgan fingerprint density at radius 3 is 2.64 bits per heavy atom. The largest absolute Gasteiger partial charge is 0.332 e. The summed E-state index contributed by atoms with van der Waals surface area (Å²) in [5.41, 5.74) is 2.01. The molecule has 0 saturated carbocycles. The fraction of sp³-hybridized carbons (Fsp3) is 0.235. The predicted octanol–water partition coefficient (Wildman–Crippen LogP) is 1.70. The highest BCUT2D eigenvalue weighted by atomic mass is 35.5. The summed E-state index contributed by atoms with van der Waals surface area (Å²) in [6.07, 6.45) is 1.86. The van der Waals surface area contributed by atoms with Crippen LogP contribution < -0.4 is 11.2 Å². The first kappa shape index (κ1) is 15.7. The molecule has 0 saturated heterocycles. The molecular formula is C17H16ClN5O2. The van der Waals surface area contributed by atoms with Crippen molar-refractivity contribution in [2.45, 2.75) is 13.5 Å². The Kier molecular flexibility index (Phi) is 3.36. The number of fused-ring (bicyclic) bond motifs is 3. The molecule has 128 valence electrons. The van der Waals surface area contributed by atoms with Gasteiger partial charge in [-0.25, -0.2) is 4.79 Å². The molecule has 7 nitrogen and oxygen atoms in total. The van der Waals surface area contributed by atoms with E-state index in [0.29, 0.717) is 28.5 Å². The number of hydrogen-bond acceptors (Lipinski definition) is 3. The minimum absolute atomic E-state index is 0.356. The first-order chi connectivity index (χ1) is 11.9. The molecule has 0 N–H and O–H groups in total. The minimum Gasteiger partial charge on any atom is -0.310 e. The third kappa shape index (κ3) is 2.23. The molecular weight excluding hydrogens is 342 g/mol. The van der Waals surface area contributed by atoms with Crippen molar-refractivity contribution in [2.24, 2.45) is 14.1 Å². The first-order valence-corrected chi connectivity index (χ1v) is 8.14. The summed E-state index contributed by atoms with van der Waals surface area (Å²) in [7, 11) is 3.09. The second kappa shape index (κ2) is 5.35. The fourth-order valence-electron chi connectivity index (χ4n) is 3.14. The van der Waals surface area contributed by atoms with Crippen LogP contribution in [0.5, 0.6) is 0 Å². The molecule has 0 fully saturated rings. The molecule has 0 radical (unpaired) electrons. The molecule has 0 aliphatic heterocycles. The summed E-state index contributed by atoms with van der Waals surface area (Å²) in [5.74, 6) is 0.616. The van der Waals surface area contributed by atoms with Gasteiger partial charge in [-0.3, -0.25) is 18.3 Å². The molecule has 0 unspecified atom stereocenters. The van der Waals surface area contributed by atoms with E-state index in [1.165, 1.54) is 11.6 Å². The van der Waals surface area contributed by atoms with E-state index in [1.54, 1.807) is 11.4 Å². The zero-order chi connectivity index (χ0) is 17.9. The molecule has 0 aliphatic carbocycles. The first-order valence-electron chi connectivity index (χ1n) is 7.77. The lowest BCUT2D eigenvalue weighted by atomic mass is 10.2. The Labute approximate surface area is 147 Å². The second-order valence-corrected chi connectivity index (χ2v) is 6.58. The van der Waals surface area contributed by atoms with Gasteiger partial charge < -0.3 is 4.57 Å². The Bertz CT molecular complexity index is 1260. The fourth-order valence-corrected chi connectivity index (χ4v) is 3.36. The summed E-state index contributed by atoms with van der Waals surface area (Å²) >= 11 is 6.07. The molecule has 0 spiro atoms. The average Bonchev–Trinajstić information content (AvgIpc) is 3.08. The maximum Gasteiger partial charge on any atom is 0.332 e. The molecule has 3 aromatic heterocycles. The van der Waals surface area contributed by atoms with Crippen LogP contribution in [-0.2, 0) is 20.6 Å². The van der Waals surface area contributed by atoms with E-state index in [1.807, 2.05) is 42.0 Å². The number of imidazole rings is 2. The van der Waals surface area contributed by atoms with Crippen LogP contribution in [0.15, 0.2) is 40.1 Å². The Morgan fingerprint density at radius 2 is 1.92 bits per heavy atom. The molecule has 1 aromatic carbocycles. The number of aryl methyl sites for hydroxylation is 2. The number of rotatable bonds is 2. The quantitative estimate of drug-likeness (QED) is 0.548. The van der Waals surface area contributed by atoms with Gasteiger partial charge in [0.15, 0.2) is 11.2 Å². The molecule has 0 atom stereocenters. The predicted molar refractivity (Wildman–Crippen MR) is 96.5 cm³/mol. The van der Waals surface area contributed by atoms with Crippen molar-refractivity contribution >= 4 is 28.5 Å². The van der Waals surface area contributed by atoms with Crippen LogP contribution in [-0.4, -0.2) is 23.1 Å². The van der Waals surface area contributed by atoms with Crippen LogP contribution in [0.4, 0.5) is 0 Å². The van der Waals surface area contributed by atoms with Gasteiger partial charge in [-0.15, -0.1) is 0 Å². The SMILES string of the molecule is Cc1cn2c3c(=O)n(C)c(=O)n(C)c3nc2n1Cc1cccc(Cl)c1. The van der Waals surface area contributed by atoms with Crippen molar-refractivity contribution in [3.63, 3.8) is 0 Å². The molecule has 4 aromatic rings. The van der Waals surface area contributed by atoms with Crippen molar-refractivity contribution in [3.05, 3.63) is 67.6 Å². The summed E-state index contributed by atoms with van der Waals surface area (Å²) in [4.78, 5) is 29.3. The molecule has 0 bridgehead atoms. The Balaban J connectivity index is 2.03. The number of halogens is 1. The van der Waals surface area contributed by atoms with Gasteiger partial charge in [0.25, 0.3) is 5.56 Å². The van der Waals surface area contributed by atoms with E-state index in [9.17, 15) is 9.59 Å². The summed E-state index contributed by atoms with van der Waals surface area (Å²) in [5, 5.41) is 0.670. The van der Waals surface area contributed by atoms with Gasteiger partial charge in [-0.2, -0.15) is 4.98 Å². The zero-order valence-electron chi connectivity index (χ0n) is 14.0. The topological polar surface area (TPSA) is 66.2 Å². The van der Waals surface area contributed by atoms with Crippen LogP contribution in [0.1, 0.15) is 11.3 Å². The summed E-state index contributed by atoms with van der Waals surface area (Å²) < 4.78 is 6.23. The maximum absolute atomic E-state index is 12.6. The molecule has 0 amide bonds. The number of benzene rings is 1. The summed E-state index contributed by atoms with van der Waals surface area (Å²) in [6, 6.07) is 7.61. The lowest BCUT2D eigenvalue weighted by molar-refractivity contribution is 0.707. The van der Waals surface area contributed by atoms with Crippen molar-refractivity contribution in [1.82, 2.24) is 23.1 Å². The van der Waals surface area contributed by atoms with Gasteiger partial charge in [0.2, 0.25) is 5.78 Å². The lowest BCUT2D eigenvalue weighted by Crippen LogP contribution is -2.37. The van der Waals surface area contributed by atoms with Gasteiger partial charge in [0.1, 0.15) is 0 Å². The van der Waals surface area contributed by atoms with Crippen molar-refractivity contribution < 1.29 is 0 Å². The zero-order valence-corrected chi connectivity index (χ0v) is 14.8. The van der Waals surface area contributed by atoms with E-state index >= 15 is 0 Å². The van der Waals surface area contributed by atoms with E-state index in [-0.39, 0.29) is 5.56 Å². The van der Waals surface area contributed by atoms with Crippen LogP contribution in [0.2, 0.25) is 5.02 Å². The van der Waals surface area contributed by atoms with Gasteiger partial charge >= 0.3 is 5.69 Å². The van der Waals surface area contributed by atoms with Gasteiger partial charge in [-0.1, -0.05) is 23.7 Å². The number of nitrogens with zero attached hydrogens (tertiary/aromatic N) is 5. The van der Waals surface area contributed by atoms with Gasteiger partial charge in [-0.05, 0) is 24.6 Å². The van der Waals surface area contributed by atoms with Crippen molar-refractivity contribution in [2.75, 3.05) is 0 Å². The van der Waals surface area contributed by atoms with E-state index in [0.717, 1.165) is 15.8 Å². The third-order valence-electron chi connectivity index (χ3n) is 4.49. The smallest absolute Gasteiger partial charge is 0.310 e. The molecule has 25 heavy (non-hydrogen) atoms. The summed E-state index contributed by atoms with van der Waals surface area (Å²) in [6.45, 7) is 2.53. The third-order valence-corrected chi connectivity index (χ3v) is 4.72. The van der Waals surface area contributed by atoms with Gasteiger partial charge in [0, 0.05) is 31.0 Å². The Morgan fingerprint density at radius 1 is 1.16 bits per heavy atom. The van der Waals surface area contributed by atoms with E-state index in [2.05, 4.69) is 4.98 Å². The number of hydrogen-bond donors (Lipinski definition) is 0. The lowest BCUT2D eigenvalue weighted by Gasteiger charge is -2.06. The standard InChI is InChI=1S/C17H16ClN5O2/c1-10-8-23-13-14(20(2)17(25)21(3)15(13)24)19-16(23)22(10)9-11-5-4-6-12(18)7-11/h4-8H,9H2,1-3H3. The van der Waals surface area contributed by atoms with Gasteiger partial charge in [0.05, 0.1) is 6.54 Å². The minimum atomic E-state index is -0.392. The van der Waals surface area contributed by atoms with Crippen LogP contribution in [0, 0.1) is 6.92 Å².